The third kappa shape index (κ3) is 1.95. The standard InChI is InChI=1S/C13H18N6O/c1-4-5-9-11-12(18(3)17-9)19(13(14)16-11)7-10-15-6-8(2)20-10/h6H,4-5,7H2,1-3H3,(H2,14,16). The number of fused-ring (bicyclic) bond motifs is 1. The zero-order chi connectivity index (χ0) is 14.3. The Bertz CT molecular complexity index is 750. The molecule has 0 spiro atoms. The Morgan fingerprint density at radius 1 is 1.40 bits per heavy atom. The topological polar surface area (TPSA) is 87.7 Å². The Morgan fingerprint density at radius 3 is 2.85 bits per heavy atom. The Labute approximate surface area is 116 Å². The van der Waals surface area contributed by atoms with E-state index in [9.17, 15) is 0 Å². The van der Waals surface area contributed by atoms with E-state index in [-0.39, 0.29) is 0 Å². The van der Waals surface area contributed by atoms with E-state index in [2.05, 4.69) is 22.0 Å². The Hall–Kier alpha value is -2.31. The summed E-state index contributed by atoms with van der Waals surface area (Å²) in [5.74, 6) is 1.86. The van der Waals surface area contributed by atoms with Crippen molar-refractivity contribution in [1.82, 2.24) is 24.3 Å². The zero-order valence-electron chi connectivity index (χ0n) is 11.9. The minimum atomic E-state index is 0.459. The summed E-state index contributed by atoms with van der Waals surface area (Å²) in [6, 6.07) is 0. The number of nitrogens with two attached hydrogens (primary N) is 1. The lowest BCUT2D eigenvalue weighted by Crippen LogP contribution is -2.08. The number of nitrogens with zero attached hydrogens (tertiary/aromatic N) is 5. The summed E-state index contributed by atoms with van der Waals surface area (Å²) in [4.78, 5) is 8.65. The van der Waals surface area contributed by atoms with Gasteiger partial charge in [-0.15, -0.1) is 0 Å². The number of hydrogen-bond acceptors (Lipinski definition) is 5. The summed E-state index contributed by atoms with van der Waals surface area (Å²) in [6.45, 7) is 4.45. The van der Waals surface area contributed by atoms with E-state index in [1.54, 1.807) is 6.20 Å². The van der Waals surface area contributed by atoms with Crippen molar-refractivity contribution in [2.75, 3.05) is 5.73 Å². The van der Waals surface area contributed by atoms with E-state index in [1.165, 1.54) is 0 Å². The maximum Gasteiger partial charge on any atom is 0.214 e. The zero-order valence-corrected chi connectivity index (χ0v) is 11.9. The second-order valence-electron chi connectivity index (χ2n) is 4.91. The fourth-order valence-electron chi connectivity index (χ4n) is 2.43. The van der Waals surface area contributed by atoms with Gasteiger partial charge in [-0.2, -0.15) is 5.10 Å². The van der Waals surface area contributed by atoms with E-state index >= 15 is 0 Å². The molecule has 0 aromatic carbocycles. The third-order valence-corrected chi connectivity index (χ3v) is 3.27. The van der Waals surface area contributed by atoms with Crippen molar-refractivity contribution >= 4 is 17.1 Å². The lowest BCUT2D eigenvalue weighted by molar-refractivity contribution is 0.459. The average molecular weight is 274 g/mol. The second-order valence-corrected chi connectivity index (χ2v) is 4.91. The molecular weight excluding hydrogens is 256 g/mol. The van der Waals surface area contributed by atoms with Crippen molar-refractivity contribution in [3.05, 3.63) is 23.5 Å². The first-order valence-corrected chi connectivity index (χ1v) is 6.69. The molecule has 0 unspecified atom stereocenters. The van der Waals surface area contributed by atoms with Gasteiger partial charge in [0.05, 0.1) is 11.9 Å². The Balaban J connectivity index is 2.08. The molecule has 0 amide bonds. The molecule has 20 heavy (non-hydrogen) atoms. The van der Waals surface area contributed by atoms with E-state index in [0.29, 0.717) is 18.4 Å². The van der Waals surface area contributed by atoms with Gasteiger partial charge in [0.15, 0.2) is 5.65 Å². The minimum Gasteiger partial charge on any atom is -0.444 e. The molecule has 3 aromatic heterocycles. The van der Waals surface area contributed by atoms with Gasteiger partial charge < -0.3 is 10.2 Å². The number of oxazole rings is 1. The first kappa shape index (κ1) is 12.7. The molecule has 7 heteroatoms. The number of rotatable bonds is 4. The molecule has 0 atom stereocenters. The average Bonchev–Trinajstić information content (AvgIpc) is 3.02. The highest BCUT2D eigenvalue weighted by Crippen LogP contribution is 2.22. The predicted octanol–water partition coefficient (Wildman–Crippen LogP) is 1.65. The van der Waals surface area contributed by atoms with Gasteiger partial charge in [0.2, 0.25) is 11.8 Å². The molecule has 0 saturated heterocycles. The van der Waals surface area contributed by atoms with Crippen molar-refractivity contribution in [1.29, 1.82) is 0 Å². The molecule has 0 aliphatic rings. The quantitative estimate of drug-likeness (QED) is 0.781. The number of aromatic nitrogens is 5. The van der Waals surface area contributed by atoms with Crippen molar-refractivity contribution in [3.63, 3.8) is 0 Å². The molecule has 3 aromatic rings. The number of hydrogen-bond donors (Lipinski definition) is 1. The number of aryl methyl sites for hydroxylation is 3. The highest BCUT2D eigenvalue weighted by atomic mass is 16.4. The van der Waals surface area contributed by atoms with Gasteiger partial charge >= 0.3 is 0 Å². The largest absolute Gasteiger partial charge is 0.444 e. The predicted molar refractivity (Wildman–Crippen MR) is 75.2 cm³/mol. The molecule has 3 rings (SSSR count). The van der Waals surface area contributed by atoms with Crippen LogP contribution in [-0.2, 0) is 20.0 Å². The van der Waals surface area contributed by atoms with E-state index in [4.69, 9.17) is 10.2 Å². The summed E-state index contributed by atoms with van der Waals surface area (Å²) in [6.07, 6.45) is 3.62. The first-order valence-electron chi connectivity index (χ1n) is 6.69. The summed E-state index contributed by atoms with van der Waals surface area (Å²) in [5.41, 5.74) is 8.79. The summed E-state index contributed by atoms with van der Waals surface area (Å²) in [7, 11) is 1.90. The molecule has 2 N–H and O–H groups in total. The third-order valence-electron chi connectivity index (χ3n) is 3.27. The van der Waals surface area contributed by atoms with Gasteiger partial charge in [-0.05, 0) is 13.3 Å². The van der Waals surface area contributed by atoms with Crippen LogP contribution in [0.15, 0.2) is 10.6 Å². The number of imidazole rings is 1. The molecule has 0 fully saturated rings. The normalized spacial score (nSPS) is 11.6. The van der Waals surface area contributed by atoms with Crippen LogP contribution in [0.5, 0.6) is 0 Å². The molecule has 0 aliphatic carbocycles. The van der Waals surface area contributed by atoms with Crippen LogP contribution in [0.25, 0.3) is 11.2 Å². The van der Waals surface area contributed by atoms with Crippen LogP contribution in [0.4, 0.5) is 5.95 Å². The van der Waals surface area contributed by atoms with Crippen molar-refractivity contribution in [3.8, 4) is 0 Å². The van der Waals surface area contributed by atoms with Crippen LogP contribution in [0, 0.1) is 6.92 Å². The maximum absolute atomic E-state index is 6.03. The SMILES string of the molecule is CCCc1nn(C)c2c1nc(N)n2Cc1ncc(C)o1. The highest BCUT2D eigenvalue weighted by molar-refractivity contribution is 5.77. The molecule has 7 nitrogen and oxygen atoms in total. The summed E-state index contributed by atoms with van der Waals surface area (Å²) < 4.78 is 9.21. The van der Waals surface area contributed by atoms with Crippen LogP contribution in [-0.4, -0.2) is 24.3 Å². The van der Waals surface area contributed by atoms with Crippen LogP contribution in [0.2, 0.25) is 0 Å². The number of anilines is 1. The molecule has 0 bridgehead atoms. The maximum atomic E-state index is 6.03. The number of nitrogen functional groups attached to an aromatic ring is 1. The first-order chi connectivity index (χ1) is 9.60. The van der Waals surface area contributed by atoms with E-state index < -0.39 is 0 Å². The molecule has 106 valence electrons. The fourth-order valence-corrected chi connectivity index (χ4v) is 2.43. The van der Waals surface area contributed by atoms with Gasteiger partial charge in [0.25, 0.3) is 0 Å². The van der Waals surface area contributed by atoms with Crippen LogP contribution < -0.4 is 5.73 Å². The lowest BCUT2D eigenvalue weighted by atomic mass is 10.2. The van der Waals surface area contributed by atoms with Gasteiger partial charge in [0, 0.05) is 7.05 Å². The Kier molecular flexibility index (Phi) is 2.96. The van der Waals surface area contributed by atoms with Crippen LogP contribution >= 0.6 is 0 Å². The molecule has 0 radical (unpaired) electrons. The lowest BCUT2D eigenvalue weighted by Gasteiger charge is -2.03. The van der Waals surface area contributed by atoms with Crippen LogP contribution in [0.1, 0.15) is 30.7 Å². The van der Waals surface area contributed by atoms with Gasteiger partial charge in [0.1, 0.15) is 17.8 Å². The Morgan fingerprint density at radius 2 is 2.20 bits per heavy atom. The molecule has 0 saturated carbocycles. The highest BCUT2D eigenvalue weighted by Gasteiger charge is 2.18. The van der Waals surface area contributed by atoms with E-state index in [0.717, 1.165) is 35.5 Å². The van der Waals surface area contributed by atoms with Crippen molar-refractivity contribution in [2.24, 2.45) is 7.05 Å². The second kappa shape index (κ2) is 4.66. The molecule has 3 heterocycles. The smallest absolute Gasteiger partial charge is 0.214 e. The van der Waals surface area contributed by atoms with E-state index in [1.807, 2.05) is 23.2 Å². The monoisotopic (exact) mass is 274 g/mol. The molecule has 0 aliphatic heterocycles. The summed E-state index contributed by atoms with van der Waals surface area (Å²) in [5, 5.41) is 4.51. The van der Waals surface area contributed by atoms with Crippen LogP contribution in [0.3, 0.4) is 0 Å². The minimum absolute atomic E-state index is 0.459. The van der Waals surface area contributed by atoms with Gasteiger partial charge in [-0.1, -0.05) is 13.3 Å². The van der Waals surface area contributed by atoms with Gasteiger partial charge in [-0.3, -0.25) is 9.25 Å². The van der Waals surface area contributed by atoms with Crippen molar-refractivity contribution in [2.45, 2.75) is 33.2 Å². The van der Waals surface area contributed by atoms with Crippen molar-refractivity contribution < 1.29 is 4.42 Å². The molecular formula is C13H18N6O. The summed E-state index contributed by atoms with van der Waals surface area (Å²) >= 11 is 0. The fraction of sp³-hybridized carbons (Fsp3) is 0.462. The van der Waals surface area contributed by atoms with Gasteiger partial charge in [-0.25, -0.2) is 9.97 Å².